The summed E-state index contributed by atoms with van der Waals surface area (Å²) in [6.07, 6.45) is 1.26. The fourth-order valence-corrected chi connectivity index (χ4v) is 2.30. The first-order chi connectivity index (χ1) is 9.15. The highest BCUT2D eigenvalue weighted by Crippen LogP contribution is 2.37. The topological polar surface area (TPSA) is 60.0 Å². The van der Waals surface area contributed by atoms with Crippen LogP contribution < -0.4 is 14.8 Å². The maximum Gasteiger partial charge on any atom is 0.200 e. The van der Waals surface area contributed by atoms with E-state index in [1.165, 1.54) is 14.2 Å². The minimum absolute atomic E-state index is 0.0336. The van der Waals surface area contributed by atoms with Crippen molar-refractivity contribution in [2.75, 3.05) is 20.8 Å². The van der Waals surface area contributed by atoms with Crippen LogP contribution in [-0.2, 0) is 11.3 Å². The predicted molar refractivity (Wildman–Crippen MR) is 71.9 cm³/mol. The molecule has 1 aromatic rings. The number of rotatable bonds is 5. The van der Waals surface area contributed by atoms with Gasteiger partial charge in [-0.3, -0.25) is 0 Å². The molecule has 0 bridgehead atoms. The summed E-state index contributed by atoms with van der Waals surface area (Å²) < 4.78 is 15.8. The third-order valence-electron chi connectivity index (χ3n) is 3.48. The molecule has 0 spiro atoms. The second kappa shape index (κ2) is 6.12. The Morgan fingerprint density at radius 2 is 1.95 bits per heavy atom. The Hall–Kier alpha value is -1.46. The monoisotopic (exact) mass is 267 g/mol. The first-order valence-corrected chi connectivity index (χ1v) is 6.44. The molecule has 1 heterocycles. The molecule has 2 atom stereocenters. The smallest absolute Gasteiger partial charge is 0.200 e. The van der Waals surface area contributed by atoms with Crippen LogP contribution in [0.4, 0.5) is 0 Å². The number of phenols is 1. The number of ether oxygens (including phenoxy) is 3. The van der Waals surface area contributed by atoms with Gasteiger partial charge in [-0.2, -0.15) is 0 Å². The summed E-state index contributed by atoms with van der Waals surface area (Å²) in [5.74, 6) is 0.880. The lowest BCUT2D eigenvalue weighted by molar-refractivity contribution is 0.113. The number of methoxy groups -OCH3 is 2. The van der Waals surface area contributed by atoms with Gasteiger partial charge in [-0.25, -0.2) is 0 Å². The second-order valence-electron chi connectivity index (χ2n) is 4.70. The van der Waals surface area contributed by atoms with Gasteiger partial charge in [0.05, 0.1) is 20.3 Å². The molecule has 5 nitrogen and oxygen atoms in total. The maximum absolute atomic E-state index is 9.84. The maximum atomic E-state index is 9.84. The molecule has 19 heavy (non-hydrogen) atoms. The van der Waals surface area contributed by atoms with Crippen LogP contribution in [0.5, 0.6) is 17.2 Å². The molecule has 0 radical (unpaired) electrons. The van der Waals surface area contributed by atoms with Gasteiger partial charge in [-0.15, -0.1) is 0 Å². The summed E-state index contributed by atoms with van der Waals surface area (Å²) in [6.45, 7) is 3.56. The number of hydrogen-bond donors (Lipinski definition) is 2. The highest BCUT2D eigenvalue weighted by atomic mass is 16.5. The number of phenolic OH excluding ortho intramolecular Hbond substituents is 1. The van der Waals surface area contributed by atoms with Gasteiger partial charge in [0.25, 0.3) is 0 Å². The third kappa shape index (κ3) is 3.11. The molecule has 1 aromatic carbocycles. The number of hydrogen-bond acceptors (Lipinski definition) is 5. The van der Waals surface area contributed by atoms with Gasteiger partial charge in [0.1, 0.15) is 0 Å². The van der Waals surface area contributed by atoms with E-state index in [2.05, 4.69) is 12.2 Å². The third-order valence-corrected chi connectivity index (χ3v) is 3.48. The van der Waals surface area contributed by atoms with Crippen molar-refractivity contribution in [1.29, 1.82) is 0 Å². The Labute approximate surface area is 113 Å². The SMILES string of the molecule is COc1cc(CNC2CCOC2C)cc(OC)c1O. The summed E-state index contributed by atoms with van der Waals surface area (Å²) in [6, 6.07) is 3.99. The molecule has 1 aliphatic rings. The molecule has 5 heteroatoms. The lowest BCUT2D eigenvalue weighted by Crippen LogP contribution is -2.34. The highest BCUT2D eigenvalue weighted by molar-refractivity contribution is 5.52. The largest absolute Gasteiger partial charge is 0.502 e. The summed E-state index contributed by atoms with van der Waals surface area (Å²) in [4.78, 5) is 0. The summed E-state index contributed by atoms with van der Waals surface area (Å²) in [5.41, 5.74) is 1.01. The van der Waals surface area contributed by atoms with Crippen molar-refractivity contribution < 1.29 is 19.3 Å². The van der Waals surface area contributed by atoms with E-state index in [4.69, 9.17) is 14.2 Å². The first kappa shape index (κ1) is 14.0. The Bertz CT molecular complexity index is 410. The van der Waals surface area contributed by atoms with Crippen LogP contribution in [0.3, 0.4) is 0 Å². The van der Waals surface area contributed by atoms with Crippen molar-refractivity contribution in [3.63, 3.8) is 0 Å². The minimum atomic E-state index is 0.0336. The first-order valence-electron chi connectivity index (χ1n) is 6.44. The zero-order valence-corrected chi connectivity index (χ0v) is 11.6. The average molecular weight is 267 g/mol. The van der Waals surface area contributed by atoms with Crippen LogP contribution in [0.15, 0.2) is 12.1 Å². The van der Waals surface area contributed by atoms with Gasteiger partial charge in [-0.1, -0.05) is 0 Å². The van der Waals surface area contributed by atoms with Crippen molar-refractivity contribution in [2.45, 2.75) is 32.0 Å². The van der Waals surface area contributed by atoms with Crippen molar-refractivity contribution in [3.05, 3.63) is 17.7 Å². The number of benzene rings is 1. The molecule has 0 aromatic heterocycles. The van der Waals surface area contributed by atoms with E-state index >= 15 is 0 Å². The van der Waals surface area contributed by atoms with Gasteiger partial charge >= 0.3 is 0 Å². The highest BCUT2D eigenvalue weighted by Gasteiger charge is 2.23. The normalized spacial score (nSPS) is 22.5. The molecule has 0 aliphatic carbocycles. The fraction of sp³-hybridized carbons (Fsp3) is 0.571. The van der Waals surface area contributed by atoms with Crippen molar-refractivity contribution in [3.8, 4) is 17.2 Å². The van der Waals surface area contributed by atoms with Crippen LogP contribution in [0, 0.1) is 0 Å². The lowest BCUT2D eigenvalue weighted by Gasteiger charge is -2.17. The van der Waals surface area contributed by atoms with E-state index in [0.29, 0.717) is 24.1 Å². The average Bonchev–Trinajstić information content (AvgIpc) is 2.83. The van der Waals surface area contributed by atoms with Gasteiger partial charge in [0.15, 0.2) is 11.5 Å². The number of nitrogens with one attached hydrogen (secondary N) is 1. The summed E-state index contributed by atoms with van der Waals surface area (Å²) >= 11 is 0. The Balaban J connectivity index is 2.07. The zero-order chi connectivity index (χ0) is 13.8. The molecule has 0 saturated carbocycles. The molecule has 2 N–H and O–H groups in total. The van der Waals surface area contributed by atoms with Crippen LogP contribution in [-0.4, -0.2) is 38.1 Å². The van der Waals surface area contributed by atoms with Crippen molar-refractivity contribution in [1.82, 2.24) is 5.32 Å². The van der Waals surface area contributed by atoms with Gasteiger partial charge in [0.2, 0.25) is 5.75 Å². The zero-order valence-electron chi connectivity index (χ0n) is 11.6. The standard InChI is InChI=1S/C14H21NO4/c1-9-11(4-5-19-9)15-8-10-6-12(17-2)14(16)13(7-10)18-3/h6-7,9,11,15-16H,4-5,8H2,1-3H3. The van der Waals surface area contributed by atoms with E-state index in [0.717, 1.165) is 18.6 Å². The Kier molecular flexibility index (Phi) is 4.50. The summed E-state index contributed by atoms with van der Waals surface area (Å²) in [7, 11) is 3.05. The number of aromatic hydroxyl groups is 1. The molecule has 1 saturated heterocycles. The van der Waals surface area contributed by atoms with Crippen LogP contribution in [0.25, 0.3) is 0 Å². The fourth-order valence-electron chi connectivity index (χ4n) is 2.30. The van der Waals surface area contributed by atoms with Crippen LogP contribution in [0.2, 0.25) is 0 Å². The molecule has 1 fully saturated rings. The van der Waals surface area contributed by atoms with Crippen molar-refractivity contribution >= 4 is 0 Å². The Morgan fingerprint density at radius 3 is 2.42 bits per heavy atom. The molecular weight excluding hydrogens is 246 g/mol. The van der Waals surface area contributed by atoms with E-state index < -0.39 is 0 Å². The van der Waals surface area contributed by atoms with Gasteiger partial charge in [-0.05, 0) is 31.0 Å². The van der Waals surface area contributed by atoms with Gasteiger partial charge in [0, 0.05) is 19.2 Å². The van der Waals surface area contributed by atoms with Crippen LogP contribution >= 0.6 is 0 Å². The molecule has 2 rings (SSSR count). The Morgan fingerprint density at radius 1 is 1.32 bits per heavy atom. The summed E-state index contributed by atoms with van der Waals surface area (Å²) in [5, 5.41) is 13.3. The molecular formula is C14H21NO4. The molecule has 0 amide bonds. The molecule has 2 unspecified atom stereocenters. The lowest BCUT2D eigenvalue weighted by atomic mass is 10.1. The second-order valence-corrected chi connectivity index (χ2v) is 4.70. The van der Waals surface area contributed by atoms with E-state index in [1.54, 1.807) is 0 Å². The quantitative estimate of drug-likeness (QED) is 0.850. The predicted octanol–water partition coefficient (Wildman–Crippen LogP) is 1.68. The molecule has 106 valence electrons. The van der Waals surface area contributed by atoms with E-state index in [-0.39, 0.29) is 11.9 Å². The minimum Gasteiger partial charge on any atom is -0.502 e. The molecule has 1 aliphatic heterocycles. The van der Waals surface area contributed by atoms with E-state index in [1.807, 2.05) is 12.1 Å². The van der Waals surface area contributed by atoms with Gasteiger partial charge < -0.3 is 24.6 Å². The van der Waals surface area contributed by atoms with Crippen molar-refractivity contribution in [2.24, 2.45) is 0 Å². The van der Waals surface area contributed by atoms with E-state index in [9.17, 15) is 5.11 Å². The van der Waals surface area contributed by atoms with Crippen LogP contribution in [0.1, 0.15) is 18.9 Å².